The molecule has 0 aromatic rings. The molecule has 4 aliphatic carbocycles. The van der Waals surface area contributed by atoms with Crippen molar-refractivity contribution < 1.29 is 43.8 Å². The molecule has 2 bridgehead atoms. The van der Waals surface area contributed by atoms with Crippen LogP contribution in [0.15, 0.2) is 0 Å². The molecule has 3 aliphatic heterocycles. The molecule has 4 saturated carbocycles. The Kier molecular flexibility index (Phi) is 6.60. The maximum Gasteiger partial charge on any atom is 0.302 e. The van der Waals surface area contributed by atoms with Crippen LogP contribution < -0.4 is 0 Å². The summed E-state index contributed by atoms with van der Waals surface area (Å²) in [6.45, 7) is 11.5. The van der Waals surface area contributed by atoms with Crippen LogP contribution in [0.2, 0.25) is 0 Å². The van der Waals surface area contributed by atoms with Gasteiger partial charge in [-0.3, -0.25) is 4.79 Å². The standard InChI is InChI=1S/C32H50O9/c1-15-13-32(41-29(15,4)5)30(6)27-25(39-32)12-21-20-8-7-18-9-19(26(20)22(35)14-31(21,27)28(36)40-30)11-24(38-17(3)34)23(10-18)37-16(2)33/h15-16,18-28,33,35-36H,7-14H2,1-6H3/t15-,16?,18+,19-,20-,21-,22-,23-,24+,25-,26+,27+,28+,30+,31+,32-/m0/s1. The quantitative estimate of drug-likeness (QED) is 0.341. The van der Waals surface area contributed by atoms with Gasteiger partial charge in [0, 0.05) is 24.7 Å². The van der Waals surface area contributed by atoms with Crippen LogP contribution in [0.5, 0.6) is 0 Å². The highest BCUT2D eigenvalue weighted by Crippen LogP contribution is 2.76. The molecule has 7 fully saturated rings. The summed E-state index contributed by atoms with van der Waals surface area (Å²) in [5.74, 6) is -0.0805. The van der Waals surface area contributed by atoms with Gasteiger partial charge in [0.1, 0.15) is 11.7 Å². The van der Waals surface area contributed by atoms with Crippen LogP contribution in [0.4, 0.5) is 0 Å². The van der Waals surface area contributed by atoms with E-state index in [9.17, 15) is 20.1 Å². The van der Waals surface area contributed by atoms with Crippen LogP contribution in [0, 0.1) is 46.8 Å². The third-order valence-electron chi connectivity index (χ3n) is 13.1. The third-order valence-corrected chi connectivity index (χ3v) is 13.1. The first-order valence-corrected chi connectivity index (χ1v) is 16.1. The maximum absolute atomic E-state index is 12.1. The third kappa shape index (κ3) is 3.95. The zero-order chi connectivity index (χ0) is 29.3. The van der Waals surface area contributed by atoms with E-state index < -0.39 is 41.6 Å². The van der Waals surface area contributed by atoms with Crippen molar-refractivity contribution in [3.63, 3.8) is 0 Å². The second-order valence-corrected chi connectivity index (χ2v) is 15.6. The Bertz CT molecular complexity index is 1060. The molecule has 0 aromatic heterocycles. The Morgan fingerprint density at radius 1 is 1.00 bits per heavy atom. The van der Waals surface area contributed by atoms with Gasteiger partial charge in [0.15, 0.2) is 18.4 Å². The molecule has 1 unspecified atom stereocenters. The van der Waals surface area contributed by atoms with Crippen LogP contribution in [0.1, 0.15) is 92.9 Å². The fraction of sp³-hybridized carbons (Fsp3) is 0.969. The highest BCUT2D eigenvalue weighted by Gasteiger charge is 2.84. The van der Waals surface area contributed by atoms with E-state index in [0.717, 1.165) is 38.5 Å². The lowest BCUT2D eigenvalue weighted by Crippen LogP contribution is -2.56. The molecular formula is C32H50O9. The number of fused-ring (bicyclic) bond motifs is 6. The van der Waals surface area contributed by atoms with Crippen molar-refractivity contribution in [1.29, 1.82) is 0 Å². The lowest BCUT2D eigenvalue weighted by Gasteiger charge is -2.53. The molecule has 7 rings (SSSR count). The summed E-state index contributed by atoms with van der Waals surface area (Å²) in [6.07, 6.45) is 2.81. The summed E-state index contributed by atoms with van der Waals surface area (Å²) in [4.78, 5) is 12.1. The summed E-state index contributed by atoms with van der Waals surface area (Å²) in [6, 6.07) is 0. The molecule has 16 atom stereocenters. The largest absolute Gasteiger partial charge is 0.460 e. The number of esters is 1. The van der Waals surface area contributed by atoms with Gasteiger partial charge in [0.05, 0.1) is 23.9 Å². The van der Waals surface area contributed by atoms with Gasteiger partial charge in [-0.2, -0.15) is 0 Å². The van der Waals surface area contributed by atoms with E-state index in [1.54, 1.807) is 6.92 Å². The minimum Gasteiger partial charge on any atom is -0.460 e. The number of hydrogen-bond acceptors (Lipinski definition) is 9. The Hall–Kier alpha value is -0.810. The van der Waals surface area contributed by atoms with Crippen LogP contribution in [-0.4, -0.2) is 75.3 Å². The predicted molar refractivity (Wildman–Crippen MR) is 146 cm³/mol. The first-order chi connectivity index (χ1) is 19.2. The summed E-state index contributed by atoms with van der Waals surface area (Å²) < 4.78 is 32.0. The second kappa shape index (κ2) is 9.35. The number of carbonyl (C=O) groups is 1. The topological polar surface area (TPSA) is 124 Å². The Morgan fingerprint density at radius 3 is 2.41 bits per heavy atom. The van der Waals surface area contributed by atoms with Crippen LogP contribution in [-0.2, 0) is 28.5 Å². The van der Waals surface area contributed by atoms with Crippen molar-refractivity contribution >= 4 is 5.97 Å². The fourth-order valence-electron chi connectivity index (χ4n) is 11.5. The van der Waals surface area contributed by atoms with Gasteiger partial charge in [-0.1, -0.05) is 13.3 Å². The number of ether oxygens (including phenoxy) is 5. The molecule has 3 N–H and O–H groups in total. The first kappa shape index (κ1) is 28.9. The number of rotatable bonds is 3. The van der Waals surface area contributed by atoms with Crippen molar-refractivity contribution in [2.45, 2.75) is 147 Å². The lowest BCUT2D eigenvalue weighted by molar-refractivity contribution is -0.315. The number of hydrogen-bond donors (Lipinski definition) is 3. The van der Waals surface area contributed by atoms with Crippen molar-refractivity contribution in [2.24, 2.45) is 46.8 Å². The molecule has 3 saturated heterocycles. The number of aliphatic hydroxyl groups is 3. The van der Waals surface area contributed by atoms with Crippen LogP contribution in [0.25, 0.3) is 0 Å². The van der Waals surface area contributed by atoms with Gasteiger partial charge in [0.2, 0.25) is 0 Å². The van der Waals surface area contributed by atoms with E-state index in [0.29, 0.717) is 18.8 Å². The lowest BCUT2D eigenvalue weighted by atomic mass is 9.52. The average molecular weight is 579 g/mol. The normalized spacial score (nSPS) is 57.4. The van der Waals surface area contributed by atoms with Gasteiger partial charge in [0.25, 0.3) is 0 Å². The van der Waals surface area contributed by atoms with Crippen molar-refractivity contribution in [2.75, 3.05) is 0 Å². The predicted octanol–water partition coefficient (Wildman–Crippen LogP) is 3.51. The van der Waals surface area contributed by atoms with E-state index in [1.807, 2.05) is 0 Å². The van der Waals surface area contributed by atoms with Crippen LogP contribution >= 0.6 is 0 Å². The molecule has 41 heavy (non-hydrogen) atoms. The highest BCUT2D eigenvalue weighted by molar-refractivity contribution is 5.66. The van der Waals surface area contributed by atoms with Crippen molar-refractivity contribution in [3.8, 4) is 0 Å². The Labute approximate surface area is 243 Å². The Balaban J connectivity index is 1.21. The van der Waals surface area contributed by atoms with E-state index >= 15 is 0 Å². The van der Waals surface area contributed by atoms with Gasteiger partial charge in [-0.25, -0.2) is 0 Å². The van der Waals surface area contributed by atoms with E-state index in [2.05, 4.69) is 27.7 Å². The zero-order valence-corrected chi connectivity index (χ0v) is 25.5. The Morgan fingerprint density at radius 2 is 1.76 bits per heavy atom. The minimum absolute atomic E-state index is 0.0347. The minimum atomic E-state index is -0.977. The zero-order valence-electron chi connectivity index (χ0n) is 25.5. The van der Waals surface area contributed by atoms with E-state index in [4.69, 9.17) is 23.7 Å². The highest BCUT2D eigenvalue weighted by atomic mass is 16.8. The van der Waals surface area contributed by atoms with Crippen molar-refractivity contribution in [3.05, 3.63) is 0 Å². The van der Waals surface area contributed by atoms with Gasteiger partial charge in [-0.05, 0) is 102 Å². The molecule has 232 valence electrons. The molecule has 0 aromatic carbocycles. The number of aliphatic hydroxyl groups excluding tert-OH is 3. The summed E-state index contributed by atoms with van der Waals surface area (Å²) in [5.41, 5.74) is -1.72. The molecule has 3 heterocycles. The smallest absolute Gasteiger partial charge is 0.302 e. The summed E-state index contributed by atoms with van der Waals surface area (Å²) in [5, 5.41) is 33.9. The van der Waals surface area contributed by atoms with E-state index in [-0.39, 0.29) is 59.3 Å². The van der Waals surface area contributed by atoms with Gasteiger partial charge >= 0.3 is 5.97 Å². The fourth-order valence-corrected chi connectivity index (χ4v) is 11.5. The number of carbonyl (C=O) groups excluding carboxylic acids is 1. The summed E-state index contributed by atoms with van der Waals surface area (Å²) >= 11 is 0. The molecular weight excluding hydrogens is 528 g/mol. The first-order valence-electron chi connectivity index (χ1n) is 16.1. The van der Waals surface area contributed by atoms with Crippen LogP contribution in [0.3, 0.4) is 0 Å². The monoisotopic (exact) mass is 578 g/mol. The van der Waals surface area contributed by atoms with E-state index in [1.165, 1.54) is 6.92 Å². The molecule has 0 radical (unpaired) electrons. The molecule has 2 spiro atoms. The van der Waals surface area contributed by atoms with Crippen molar-refractivity contribution in [1.82, 2.24) is 0 Å². The SMILES string of the molecule is CC(=O)O[C@@H]1C[C@@H]2C[C@@H](CC[C@@H]3[C@@H]2[C@@H](O)C[C@]24[C@H](O)O[C@]5(C)[C@H]2[C@H](C[C@@H]34)O[C@]52C[C@H](C)C(C)(C)O2)C[C@@H]1OC(C)O. The van der Waals surface area contributed by atoms with Gasteiger partial charge < -0.3 is 39.0 Å². The maximum atomic E-state index is 12.1. The molecule has 0 amide bonds. The second-order valence-electron chi connectivity index (χ2n) is 15.6. The average Bonchev–Trinajstić information content (AvgIpc) is 3.35. The molecule has 9 nitrogen and oxygen atoms in total. The summed E-state index contributed by atoms with van der Waals surface area (Å²) in [7, 11) is 0. The molecule has 9 heteroatoms. The van der Waals surface area contributed by atoms with Gasteiger partial charge in [-0.15, -0.1) is 0 Å². The molecule has 7 aliphatic rings.